The zero-order valence-electron chi connectivity index (χ0n) is 12.1. The van der Waals surface area contributed by atoms with E-state index in [1.807, 2.05) is 0 Å². The van der Waals surface area contributed by atoms with Crippen molar-refractivity contribution >= 4 is 5.82 Å². The van der Waals surface area contributed by atoms with Crippen LogP contribution in [0.3, 0.4) is 0 Å². The molecule has 1 aromatic heterocycles. The van der Waals surface area contributed by atoms with Crippen molar-refractivity contribution in [3.8, 4) is 6.07 Å². The normalized spacial score (nSPS) is 17.8. The van der Waals surface area contributed by atoms with E-state index in [9.17, 15) is 10.1 Å². The van der Waals surface area contributed by atoms with E-state index in [1.165, 1.54) is 6.07 Å². The van der Waals surface area contributed by atoms with Crippen LogP contribution in [0.25, 0.3) is 0 Å². The van der Waals surface area contributed by atoms with Gasteiger partial charge in [0.15, 0.2) is 0 Å². The molecule has 0 bridgehead atoms. The van der Waals surface area contributed by atoms with Crippen LogP contribution >= 0.6 is 0 Å². The molecule has 0 saturated carbocycles. The lowest BCUT2D eigenvalue weighted by Gasteiger charge is -2.37. The van der Waals surface area contributed by atoms with E-state index in [4.69, 9.17) is 0 Å². The first-order chi connectivity index (χ1) is 9.63. The van der Waals surface area contributed by atoms with Crippen LogP contribution in [-0.4, -0.2) is 47.1 Å². The third-order valence-corrected chi connectivity index (χ3v) is 3.64. The minimum absolute atomic E-state index is 0.0102. The molecule has 0 spiro atoms. The second kappa shape index (κ2) is 6.53. The molecule has 2 rings (SSSR count). The van der Waals surface area contributed by atoms with E-state index in [0.29, 0.717) is 5.82 Å². The Labute approximate surface area is 119 Å². The molecule has 1 atom stereocenters. The van der Waals surface area contributed by atoms with Gasteiger partial charge >= 0.3 is 0 Å². The molecule has 0 radical (unpaired) electrons. The molecule has 108 valence electrons. The fraction of sp³-hybridized carbons (Fsp3) is 0.643. The third kappa shape index (κ3) is 3.36. The molecule has 1 N–H and O–H groups in total. The van der Waals surface area contributed by atoms with Crippen LogP contribution in [0.5, 0.6) is 0 Å². The summed E-state index contributed by atoms with van der Waals surface area (Å²) in [6.07, 6.45) is 1.94. The number of aromatic nitrogens is 2. The Hall–Kier alpha value is -1.87. The zero-order chi connectivity index (χ0) is 14.5. The molecule has 1 saturated heterocycles. The fourth-order valence-electron chi connectivity index (χ4n) is 2.59. The summed E-state index contributed by atoms with van der Waals surface area (Å²) in [6, 6.07) is 3.93. The number of piperazine rings is 1. The monoisotopic (exact) mass is 275 g/mol. The third-order valence-electron chi connectivity index (χ3n) is 3.64. The van der Waals surface area contributed by atoms with Crippen LogP contribution < -0.4 is 10.5 Å². The molecule has 1 fully saturated rings. The maximum absolute atomic E-state index is 11.5. The highest BCUT2D eigenvalue weighted by molar-refractivity contribution is 5.38. The summed E-state index contributed by atoms with van der Waals surface area (Å²) in [6.45, 7) is 7.17. The van der Waals surface area contributed by atoms with Crippen molar-refractivity contribution in [2.75, 3.05) is 31.1 Å². The topological polar surface area (TPSA) is 76.0 Å². The molecule has 20 heavy (non-hydrogen) atoms. The highest BCUT2D eigenvalue weighted by Crippen LogP contribution is 2.15. The van der Waals surface area contributed by atoms with Gasteiger partial charge in [-0.25, -0.2) is 4.98 Å². The number of hydrogen-bond acceptors (Lipinski definition) is 5. The molecule has 6 nitrogen and oxygen atoms in total. The Balaban J connectivity index is 2.00. The Bertz CT molecular complexity index is 539. The van der Waals surface area contributed by atoms with Crippen molar-refractivity contribution in [1.82, 2.24) is 14.9 Å². The van der Waals surface area contributed by atoms with Crippen molar-refractivity contribution in [2.45, 2.75) is 32.7 Å². The Morgan fingerprint density at radius 1 is 1.45 bits per heavy atom. The Kier molecular flexibility index (Phi) is 4.74. The zero-order valence-corrected chi connectivity index (χ0v) is 12.1. The van der Waals surface area contributed by atoms with Gasteiger partial charge in [-0.3, -0.25) is 9.69 Å². The highest BCUT2D eigenvalue weighted by Gasteiger charge is 2.23. The number of nitrogens with one attached hydrogen (secondary N) is 1. The smallest absolute Gasteiger partial charge is 0.252 e. The molecule has 0 aromatic carbocycles. The number of H-pyrrole nitrogens is 1. The lowest BCUT2D eigenvalue weighted by atomic mass is 10.1. The van der Waals surface area contributed by atoms with Gasteiger partial charge in [0.2, 0.25) is 0 Å². The summed E-state index contributed by atoms with van der Waals surface area (Å²) >= 11 is 0. The average molecular weight is 275 g/mol. The van der Waals surface area contributed by atoms with Crippen molar-refractivity contribution in [1.29, 1.82) is 5.26 Å². The maximum atomic E-state index is 11.5. The van der Waals surface area contributed by atoms with Crippen LogP contribution in [0.2, 0.25) is 0 Å². The van der Waals surface area contributed by atoms with Crippen LogP contribution in [0.4, 0.5) is 5.82 Å². The van der Waals surface area contributed by atoms with E-state index in [-0.39, 0.29) is 11.6 Å². The molecule has 1 unspecified atom stereocenters. The standard InChI is InChI=1S/C14H21N5O/c1-3-4-12(10-15)18-5-7-19(8-6-18)13-9-14(20)17-11(2)16-13/h9,12H,3-8H2,1-2H3,(H,16,17,20). The predicted molar refractivity (Wildman–Crippen MR) is 77.7 cm³/mol. The Morgan fingerprint density at radius 2 is 2.15 bits per heavy atom. The highest BCUT2D eigenvalue weighted by atomic mass is 16.1. The molecular weight excluding hydrogens is 254 g/mol. The number of hydrogen-bond donors (Lipinski definition) is 1. The first-order valence-electron chi connectivity index (χ1n) is 7.10. The van der Waals surface area contributed by atoms with Gasteiger partial charge in [0, 0.05) is 32.2 Å². The summed E-state index contributed by atoms with van der Waals surface area (Å²) in [4.78, 5) is 22.8. The van der Waals surface area contributed by atoms with E-state index >= 15 is 0 Å². The van der Waals surface area contributed by atoms with Crippen LogP contribution in [0.1, 0.15) is 25.6 Å². The molecule has 2 heterocycles. The van der Waals surface area contributed by atoms with Crippen LogP contribution in [-0.2, 0) is 0 Å². The molecule has 1 aliphatic rings. The number of nitriles is 1. The quantitative estimate of drug-likeness (QED) is 0.883. The minimum Gasteiger partial charge on any atom is -0.354 e. The summed E-state index contributed by atoms with van der Waals surface area (Å²) in [5, 5.41) is 9.20. The van der Waals surface area contributed by atoms with Crippen molar-refractivity contribution in [3.63, 3.8) is 0 Å². The molecule has 1 aliphatic heterocycles. The van der Waals surface area contributed by atoms with E-state index in [2.05, 4.69) is 32.8 Å². The Morgan fingerprint density at radius 3 is 2.70 bits per heavy atom. The van der Waals surface area contributed by atoms with Crippen molar-refractivity contribution in [3.05, 3.63) is 22.2 Å². The number of nitrogens with zero attached hydrogens (tertiary/aromatic N) is 4. The summed E-state index contributed by atoms with van der Waals surface area (Å²) < 4.78 is 0. The van der Waals surface area contributed by atoms with Gasteiger partial charge in [-0.05, 0) is 13.3 Å². The van der Waals surface area contributed by atoms with E-state index in [0.717, 1.165) is 44.8 Å². The minimum atomic E-state index is -0.115. The lowest BCUT2D eigenvalue weighted by molar-refractivity contribution is 0.211. The molecular formula is C14H21N5O. The van der Waals surface area contributed by atoms with Crippen LogP contribution in [0.15, 0.2) is 10.9 Å². The largest absolute Gasteiger partial charge is 0.354 e. The number of rotatable bonds is 4. The lowest BCUT2D eigenvalue weighted by Crippen LogP contribution is -2.50. The molecule has 0 aliphatic carbocycles. The molecule has 6 heteroatoms. The van der Waals surface area contributed by atoms with Crippen molar-refractivity contribution in [2.24, 2.45) is 0 Å². The summed E-state index contributed by atoms with van der Waals surface area (Å²) in [5.74, 6) is 1.37. The number of aromatic amines is 1. The van der Waals surface area contributed by atoms with E-state index < -0.39 is 0 Å². The van der Waals surface area contributed by atoms with Gasteiger partial charge in [-0.15, -0.1) is 0 Å². The predicted octanol–water partition coefficient (Wildman–Crippen LogP) is 0.893. The van der Waals surface area contributed by atoms with Gasteiger partial charge in [0.05, 0.1) is 12.1 Å². The van der Waals surface area contributed by atoms with Gasteiger partial charge in [-0.2, -0.15) is 5.26 Å². The number of aryl methyl sites for hydroxylation is 1. The van der Waals surface area contributed by atoms with Gasteiger partial charge in [0.25, 0.3) is 5.56 Å². The second-order valence-corrected chi connectivity index (χ2v) is 5.15. The average Bonchev–Trinajstić information content (AvgIpc) is 2.44. The fourth-order valence-corrected chi connectivity index (χ4v) is 2.59. The van der Waals surface area contributed by atoms with Crippen LogP contribution in [0, 0.1) is 18.3 Å². The van der Waals surface area contributed by atoms with E-state index in [1.54, 1.807) is 6.92 Å². The maximum Gasteiger partial charge on any atom is 0.252 e. The van der Waals surface area contributed by atoms with Gasteiger partial charge in [-0.1, -0.05) is 13.3 Å². The second-order valence-electron chi connectivity index (χ2n) is 5.15. The SMILES string of the molecule is CCCC(C#N)N1CCN(c2cc(=O)[nH]c(C)n2)CC1. The first kappa shape index (κ1) is 14.5. The van der Waals surface area contributed by atoms with Gasteiger partial charge in [0.1, 0.15) is 11.6 Å². The van der Waals surface area contributed by atoms with Crippen molar-refractivity contribution < 1.29 is 0 Å². The molecule has 1 aromatic rings. The summed E-state index contributed by atoms with van der Waals surface area (Å²) in [5.41, 5.74) is -0.115. The first-order valence-corrected chi connectivity index (χ1v) is 7.10. The summed E-state index contributed by atoms with van der Waals surface area (Å²) in [7, 11) is 0. The number of anilines is 1. The van der Waals surface area contributed by atoms with Gasteiger partial charge < -0.3 is 9.88 Å². The molecule has 0 amide bonds.